The number of carbonyl (C=O) groups is 1. The Morgan fingerprint density at radius 3 is 2.56 bits per heavy atom. The van der Waals surface area contributed by atoms with Crippen LogP contribution in [0.4, 0.5) is 4.39 Å². The highest BCUT2D eigenvalue weighted by Crippen LogP contribution is 2.35. The van der Waals surface area contributed by atoms with Crippen LogP contribution in [0.3, 0.4) is 0 Å². The molecule has 3 aromatic carbocycles. The van der Waals surface area contributed by atoms with E-state index in [0.717, 1.165) is 5.56 Å². The van der Waals surface area contributed by atoms with Crippen molar-refractivity contribution in [2.24, 2.45) is 4.99 Å². The third kappa shape index (κ3) is 5.75. The molecule has 0 radical (unpaired) electrons. The van der Waals surface area contributed by atoms with E-state index in [1.165, 1.54) is 24.5 Å². The lowest BCUT2D eigenvalue weighted by Crippen LogP contribution is -2.39. The van der Waals surface area contributed by atoms with Gasteiger partial charge in [-0.05, 0) is 49.2 Å². The van der Waals surface area contributed by atoms with E-state index >= 15 is 0 Å². The average molecular weight is 638 g/mol. The molecule has 210 valence electrons. The summed E-state index contributed by atoms with van der Waals surface area (Å²) in [5, 5.41) is 0. The number of ether oxygens (including phenoxy) is 3. The Hall–Kier alpha value is -4.02. The van der Waals surface area contributed by atoms with E-state index in [-0.39, 0.29) is 24.6 Å². The van der Waals surface area contributed by atoms with Gasteiger partial charge in [-0.25, -0.2) is 14.2 Å². The molecule has 2 heterocycles. The third-order valence-corrected chi connectivity index (χ3v) is 8.21. The van der Waals surface area contributed by atoms with E-state index in [0.29, 0.717) is 47.7 Å². The number of carbonyl (C=O) groups excluding carboxylic acids is 1. The van der Waals surface area contributed by atoms with Crippen molar-refractivity contribution in [3.8, 4) is 11.5 Å². The second kappa shape index (κ2) is 12.2. The zero-order valence-electron chi connectivity index (χ0n) is 22.5. The van der Waals surface area contributed by atoms with Crippen molar-refractivity contribution in [3.63, 3.8) is 0 Å². The van der Waals surface area contributed by atoms with E-state index in [4.69, 9.17) is 14.2 Å². The van der Waals surface area contributed by atoms with Crippen molar-refractivity contribution in [2.75, 3.05) is 13.7 Å². The molecule has 0 fully saturated rings. The minimum absolute atomic E-state index is 0.0229. The Labute approximate surface area is 248 Å². The lowest BCUT2D eigenvalue weighted by atomic mass is 9.96. The van der Waals surface area contributed by atoms with Crippen LogP contribution in [0.25, 0.3) is 6.08 Å². The van der Waals surface area contributed by atoms with Crippen LogP contribution < -0.4 is 24.4 Å². The largest absolute Gasteiger partial charge is 0.493 e. The summed E-state index contributed by atoms with van der Waals surface area (Å²) >= 11 is 4.80. The Morgan fingerprint density at radius 2 is 1.85 bits per heavy atom. The summed E-state index contributed by atoms with van der Waals surface area (Å²) in [7, 11) is 1.51. The molecule has 1 aliphatic heterocycles. The summed E-state index contributed by atoms with van der Waals surface area (Å²) in [6.45, 7) is 3.72. The number of fused-ring (bicyclic) bond motifs is 1. The van der Waals surface area contributed by atoms with E-state index in [9.17, 15) is 14.0 Å². The van der Waals surface area contributed by atoms with Gasteiger partial charge < -0.3 is 14.2 Å². The molecule has 0 saturated heterocycles. The van der Waals surface area contributed by atoms with Gasteiger partial charge >= 0.3 is 5.97 Å². The van der Waals surface area contributed by atoms with E-state index in [1.807, 2.05) is 30.3 Å². The zero-order chi connectivity index (χ0) is 29.1. The van der Waals surface area contributed by atoms with Gasteiger partial charge in [0, 0.05) is 10.0 Å². The van der Waals surface area contributed by atoms with E-state index in [2.05, 4.69) is 20.9 Å². The first kappa shape index (κ1) is 28.5. The quantitative estimate of drug-likeness (QED) is 0.246. The molecule has 5 rings (SSSR count). The van der Waals surface area contributed by atoms with Crippen LogP contribution in [-0.2, 0) is 16.1 Å². The van der Waals surface area contributed by atoms with Crippen molar-refractivity contribution in [2.45, 2.75) is 26.5 Å². The molecule has 7 nitrogen and oxygen atoms in total. The highest BCUT2D eigenvalue weighted by atomic mass is 79.9. The fraction of sp³-hybridized carbons (Fsp3) is 0.194. The SMILES string of the molecule is CCOC(=O)C1=C(C)N=c2s/c(=C/c3cc(OC)c(OCc4ccccc4F)cc3Br)c(=O)n2[C@H]1c1ccccc1. The van der Waals surface area contributed by atoms with Gasteiger partial charge in [-0.3, -0.25) is 9.36 Å². The first-order valence-corrected chi connectivity index (χ1v) is 14.4. The maximum Gasteiger partial charge on any atom is 0.338 e. The van der Waals surface area contributed by atoms with E-state index < -0.39 is 12.0 Å². The van der Waals surface area contributed by atoms with E-state index in [1.54, 1.807) is 54.8 Å². The van der Waals surface area contributed by atoms with Crippen LogP contribution in [0.2, 0.25) is 0 Å². The second-order valence-corrected chi connectivity index (χ2v) is 11.0. The Morgan fingerprint density at radius 1 is 1.12 bits per heavy atom. The molecule has 0 spiro atoms. The minimum Gasteiger partial charge on any atom is -0.493 e. The number of esters is 1. The lowest BCUT2D eigenvalue weighted by Gasteiger charge is -2.24. The minimum atomic E-state index is -0.680. The molecule has 1 atom stereocenters. The van der Waals surface area contributed by atoms with Crippen LogP contribution in [0.5, 0.6) is 11.5 Å². The summed E-state index contributed by atoms with van der Waals surface area (Å²) in [6, 6.07) is 18.5. The number of allylic oxidation sites excluding steroid dienone is 1. The normalized spacial score (nSPS) is 14.9. The van der Waals surface area contributed by atoms with Gasteiger partial charge in [-0.1, -0.05) is 75.8 Å². The molecular weight excluding hydrogens is 611 g/mol. The zero-order valence-corrected chi connectivity index (χ0v) is 24.9. The molecule has 0 amide bonds. The average Bonchev–Trinajstić information content (AvgIpc) is 3.27. The topological polar surface area (TPSA) is 79.1 Å². The van der Waals surface area contributed by atoms with Crippen molar-refractivity contribution >= 4 is 39.3 Å². The first-order valence-electron chi connectivity index (χ1n) is 12.8. The molecule has 1 aliphatic rings. The molecule has 0 bridgehead atoms. The fourth-order valence-electron chi connectivity index (χ4n) is 4.59. The standard InChI is InChI=1S/C31H26BrFN2O5S/c1-4-39-30(37)27-18(2)34-31-35(28(27)19-10-6-5-7-11-19)29(36)26(41-31)15-21-14-24(38-3)25(16-22(21)32)40-17-20-12-8-9-13-23(20)33/h5-16,28H,4,17H2,1-3H3/b26-15+/t28-/m0/s1. The van der Waals surface area contributed by atoms with Gasteiger partial charge in [0.05, 0.1) is 35.6 Å². The van der Waals surface area contributed by atoms with Crippen LogP contribution in [0, 0.1) is 5.82 Å². The third-order valence-electron chi connectivity index (χ3n) is 6.54. The summed E-state index contributed by atoms with van der Waals surface area (Å²) in [5.41, 5.74) is 2.41. The molecule has 0 N–H and O–H groups in total. The number of hydrogen-bond acceptors (Lipinski definition) is 7. The predicted octanol–water partition coefficient (Wildman–Crippen LogP) is 5.29. The number of aromatic nitrogens is 1. The number of hydrogen-bond donors (Lipinski definition) is 0. The number of methoxy groups -OCH3 is 1. The second-order valence-electron chi connectivity index (χ2n) is 9.12. The predicted molar refractivity (Wildman–Crippen MR) is 158 cm³/mol. The maximum atomic E-state index is 14.1. The van der Waals surface area contributed by atoms with Crippen LogP contribution in [0.15, 0.2) is 92.3 Å². The number of benzene rings is 3. The molecule has 10 heteroatoms. The molecule has 41 heavy (non-hydrogen) atoms. The lowest BCUT2D eigenvalue weighted by molar-refractivity contribution is -0.139. The smallest absolute Gasteiger partial charge is 0.338 e. The summed E-state index contributed by atoms with van der Waals surface area (Å²) in [6.07, 6.45) is 1.74. The van der Waals surface area contributed by atoms with Crippen molar-refractivity contribution in [1.82, 2.24) is 4.57 Å². The summed E-state index contributed by atoms with van der Waals surface area (Å²) in [5.74, 6) is -0.0193. The fourth-order valence-corrected chi connectivity index (χ4v) is 6.06. The molecule has 1 aromatic heterocycles. The van der Waals surface area contributed by atoms with Gasteiger partial charge in [-0.2, -0.15) is 0 Å². The van der Waals surface area contributed by atoms with Gasteiger partial charge in [0.1, 0.15) is 12.4 Å². The van der Waals surface area contributed by atoms with Gasteiger partial charge in [-0.15, -0.1) is 0 Å². The molecule has 0 aliphatic carbocycles. The summed E-state index contributed by atoms with van der Waals surface area (Å²) in [4.78, 5) is 32.0. The molecule has 4 aromatic rings. The van der Waals surface area contributed by atoms with Gasteiger partial charge in [0.2, 0.25) is 0 Å². The van der Waals surface area contributed by atoms with Crippen LogP contribution in [-0.4, -0.2) is 24.3 Å². The van der Waals surface area contributed by atoms with Crippen LogP contribution in [0.1, 0.15) is 36.6 Å². The van der Waals surface area contributed by atoms with Crippen molar-refractivity contribution in [3.05, 3.63) is 125 Å². The number of thiazole rings is 1. The number of halogens is 2. The van der Waals surface area contributed by atoms with Gasteiger partial charge in [0.25, 0.3) is 5.56 Å². The number of rotatable bonds is 8. The molecule has 0 saturated carbocycles. The maximum absolute atomic E-state index is 14.1. The van der Waals surface area contributed by atoms with Gasteiger partial charge in [0.15, 0.2) is 16.3 Å². The van der Waals surface area contributed by atoms with Crippen molar-refractivity contribution in [1.29, 1.82) is 0 Å². The Bertz CT molecular complexity index is 1830. The molecule has 0 unspecified atom stereocenters. The summed E-state index contributed by atoms with van der Waals surface area (Å²) < 4.78 is 33.4. The van der Waals surface area contributed by atoms with Crippen LogP contribution >= 0.6 is 27.3 Å². The number of nitrogens with zero attached hydrogens (tertiary/aromatic N) is 2. The Balaban J connectivity index is 1.57. The monoisotopic (exact) mass is 636 g/mol. The molecular formula is C31H26BrFN2O5S. The highest BCUT2D eigenvalue weighted by Gasteiger charge is 2.33. The Kier molecular flexibility index (Phi) is 8.51. The van der Waals surface area contributed by atoms with Crippen molar-refractivity contribution < 1.29 is 23.4 Å². The first-order chi connectivity index (χ1) is 19.8. The highest BCUT2D eigenvalue weighted by molar-refractivity contribution is 9.10.